The predicted octanol–water partition coefficient (Wildman–Crippen LogP) is 3.91. The van der Waals surface area contributed by atoms with Gasteiger partial charge in [0.2, 0.25) is 0 Å². The standard InChI is InChI=1S/C18H24N2/c1-4-14-11-16-13(2)5-8-19-18(16)17(12-14)15-6-9-20(3)10-7-15/h5,8,11-12,15H,4,6-7,9-10H2,1-3H3. The molecule has 0 radical (unpaired) electrons. The molecule has 1 aliphatic heterocycles. The molecule has 0 N–H and O–H groups in total. The van der Waals surface area contributed by atoms with Crippen molar-refractivity contribution in [2.75, 3.05) is 20.1 Å². The molecule has 1 saturated heterocycles. The Bertz CT molecular complexity index is 610. The van der Waals surface area contributed by atoms with Crippen LogP contribution in [0.4, 0.5) is 0 Å². The smallest absolute Gasteiger partial charge is 0.0739 e. The molecule has 0 amide bonds. The molecule has 3 rings (SSSR count). The average molecular weight is 268 g/mol. The van der Waals surface area contributed by atoms with Gasteiger partial charge in [0.15, 0.2) is 0 Å². The van der Waals surface area contributed by atoms with E-state index in [1.807, 2.05) is 6.20 Å². The molecule has 20 heavy (non-hydrogen) atoms. The molecule has 0 unspecified atom stereocenters. The number of aromatic nitrogens is 1. The second kappa shape index (κ2) is 5.53. The summed E-state index contributed by atoms with van der Waals surface area (Å²) < 4.78 is 0. The monoisotopic (exact) mass is 268 g/mol. The number of nitrogens with zero attached hydrogens (tertiary/aromatic N) is 2. The van der Waals surface area contributed by atoms with Crippen molar-refractivity contribution in [1.82, 2.24) is 9.88 Å². The molecular formula is C18H24N2. The summed E-state index contributed by atoms with van der Waals surface area (Å²) in [7, 11) is 2.22. The molecule has 0 atom stereocenters. The largest absolute Gasteiger partial charge is 0.306 e. The number of fused-ring (bicyclic) bond motifs is 1. The lowest BCUT2D eigenvalue weighted by Crippen LogP contribution is -2.29. The number of likely N-dealkylation sites (tertiary alicyclic amines) is 1. The average Bonchev–Trinajstić information content (AvgIpc) is 2.48. The van der Waals surface area contributed by atoms with Gasteiger partial charge in [-0.3, -0.25) is 4.98 Å². The lowest BCUT2D eigenvalue weighted by atomic mass is 9.86. The number of benzene rings is 1. The Kier molecular flexibility index (Phi) is 3.75. The number of aryl methyl sites for hydroxylation is 2. The highest BCUT2D eigenvalue weighted by Crippen LogP contribution is 2.33. The summed E-state index contributed by atoms with van der Waals surface area (Å²) in [4.78, 5) is 7.13. The van der Waals surface area contributed by atoms with Gasteiger partial charge >= 0.3 is 0 Å². The zero-order valence-electron chi connectivity index (χ0n) is 12.8. The Labute approximate surface area is 121 Å². The second-order valence-electron chi connectivity index (χ2n) is 6.14. The molecule has 1 aromatic heterocycles. The summed E-state index contributed by atoms with van der Waals surface area (Å²) in [5.41, 5.74) is 5.51. The Morgan fingerprint density at radius 1 is 1.25 bits per heavy atom. The van der Waals surface area contributed by atoms with Crippen LogP contribution in [0.3, 0.4) is 0 Å². The summed E-state index contributed by atoms with van der Waals surface area (Å²) in [6, 6.07) is 6.86. The van der Waals surface area contributed by atoms with E-state index >= 15 is 0 Å². The van der Waals surface area contributed by atoms with Gasteiger partial charge in [0.05, 0.1) is 5.52 Å². The minimum atomic E-state index is 0.675. The minimum absolute atomic E-state index is 0.675. The molecule has 1 aromatic carbocycles. The van der Waals surface area contributed by atoms with Crippen molar-refractivity contribution in [3.8, 4) is 0 Å². The summed E-state index contributed by atoms with van der Waals surface area (Å²) in [6.45, 7) is 6.84. The summed E-state index contributed by atoms with van der Waals surface area (Å²) in [6.07, 6.45) is 5.58. The fraction of sp³-hybridized carbons (Fsp3) is 0.500. The van der Waals surface area contributed by atoms with Crippen LogP contribution in [0.5, 0.6) is 0 Å². The van der Waals surface area contributed by atoms with E-state index in [1.54, 1.807) is 0 Å². The first-order valence-electron chi connectivity index (χ1n) is 7.75. The van der Waals surface area contributed by atoms with Gasteiger partial charge in [-0.1, -0.05) is 13.0 Å². The Morgan fingerprint density at radius 2 is 2.00 bits per heavy atom. The van der Waals surface area contributed by atoms with Crippen LogP contribution in [0, 0.1) is 6.92 Å². The molecule has 2 heterocycles. The number of piperidine rings is 1. The van der Waals surface area contributed by atoms with Crippen molar-refractivity contribution < 1.29 is 0 Å². The van der Waals surface area contributed by atoms with Crippen molar-refractivity contribution in [3.05, 3.63) is 41.1 Å². The number of hydrogen-bond acceptors (Lipinski definition) is 2. The molecule has 1 fully saturated rings. The fourth-order valence-electron chi connectivity index (χ4n) is 3.31. The van der Waals surface area contributed by atoms with Crippen molar-refractivity contribution in [3.63, 3.8) is 0 Å². The highest BCUT2D eigenvalue weighted by Gasteiger charge is 2.21. The van der Waals surface area contributed by atoms with Crippen LogP contribution in [0.1, 0.15) is 42.4 Å². The van der Waals surface area contributed by atoms with E-state index in [4.69, 9.17) is 4.98 Å². The molecule has 1 aliphatic rings. The van der Waals surface area contributed by atoms with Crippen LogP contribution >= 0.6 is 0 Å². The molecule has 0 aliphatic carbocycles. The maximum Gasteiger partial charge on any atom is 0.0739 e. The molecule has 2 heteroatoms. The third-order valence-corrected chi connectivity index (χ3v) is 4.72. The zero-order chi connectivity index (χ0) is 14.1. The van der Waals surface area contributed by atoms with Crippen molar-refractivity contribution in [2.24, 2.45) is 0 Å². The highest BCUT2D eigenvalue weighted by atomic mass is 15.1. The Morgan fingerprint density at radius 3 is 2.70 bits per heavy atom. The predicted molar refractivity (Wildman–Crippen MR) is 85.3 cm³/mol. The van der Waals surface area contributed by atoms with E-state index < -0.39 is 0 Å². The maximum atomic E-state index is 4.70. The highest BCUT2D eigenvalue weighted by molar-refractivity contribution is 5.86. The van der Waals surface area contributed by atoms with Gasteiger partial charge in [-0.15, -0.1) is 0 Å². The fourth-order valence-corrected chi connectivity index (χ4v) is 3.31. The van der Waals surface area contributed by atoms with Crippen LogP contribution in [0.15, 0.2) is 24.4 Å². The minimum Gasteiger partial charge on any atom is -0.306 e. The molecule has 106 valence electrons. The first-order valence-corrected chi connectivity index (χ1v) is 7.75. The SMILES string of the molecule is CCc1cc(C2CCN(C)CC2)c2nccc(C)c2c1. The third-order valence-electron chi connectivity index (χ3n) is 4.72. The second-order valence-corrected chi connectivity index (χ2v) is 6.14. The van der Waals surface area contributed by atoms with Gasteiger partial charge in [0.25, 0.3) is 0 Å². The van der Waals surface area contributed by atoms with E-state index in [2.05, 4.69) is 44.0 Å². The van der Waals surface area contributed by atoms with Gasteiger partial charge in [-0.05, 0) is 81.1 Å². The lowest BCUT2D eigenvalue weighted by Gasteiger charge is -2.30. The van der Waals surface area contributed by atoms with E-state index in [0.29, 0.717) is 5.92 Å². The topological polar surface area (TPSA) is 16.1 Å². The number of hydrogen-bond donors (Lipinski definition) is 0. The molecule has 2 nitrogen and oxygen atoms in total. The van der Waals surface area contributed by atoms with Crippen LogP contribution < -0.4 is 0 Å². The Hall–Kier alpha value is -1.41. The molecule has 0 spiro atoms. The molecule has 0 bridgehead atoms. The van der Waals surface area contributed by atoms with Gasteiger partial charge in [0, 0.05) is 11.6 Å². The summed E-state index contributed by atoms with van der Waals surface area (Å²) in [5, 5.41) is 1.35. The summed E-state index contributed by atoms with van der Waals surface area (Å²) in [5.74, 6) is 0.675. The number of rotatable bonds is 2. The van der Waals surface area contributed by atoms with Crippen LogP contribution in [0.2, 0.25) is 0 Å². The normalized spacial score (nSPS) is 17.8. The van der Waals surface area contributed by atoms with E-state index in [-0.39, 0.29) is 0 Å². The number of pyridine rings is 1. The van der Waals surface area contributed by atoms with Gasteiger partial charge in [-0.25, -0.2) is 0 Å². The van der Waals surface area contributed by atoms with Crippen LogP contribution in [-0.4, -0.2) is 30.0 Å². The maximum absolute atomic E-state index is 4.70. The lowest BCUT2D eigenvalue weighted by molar-refractivity contribution is 0.256. The van der Waals surface area contributed by atoms with E-state index in [1.165, 1.54) is 53.5 Å². The first-order chi connectivity index (χ1) is 9.69. The third kappa shape index (κ3) is 2.45. The van der Waals surface area contributed by atoms with Crippen molar-refractivity contribution >= 4 is 10.9 Å². The van der Waals surface area contributed by atoms with E-state index in [9.17, 15) is 0 Å². The molecule has 0 saturated carbocycles. The quantitative estimate of drug-likeness (QED) is 0.821. The first kappa shape index (κ1) is 13.6. The zero-order valence-corrected chi connectivity index (χ0v) is 12.8. The van der Waals surface area contributed by atoms with Gasteiger partial charge in [-0.2, -0.15) is 0 Å². The van der Waals surface area contributed by atoms with Gasteiger partial charge in [0.1, 0.15) is 0 Å². The van der Waals surface area contributed by atoms with Crippen LogP contribution in [-0.2, 0) is 6.42 Å². The molecule has 2 aromatic rings. The van der Waals surface area contributed by atoms with Crippen molar-refractivity contribution in [2.45, 2.75) is 39.0 Å². The summed E-state index contributed by atoms with van der Waals surface area (Å²) >= 11 is 0. The van der Waals surface area contributed by atoms with E-state index in [0.717, 1.165) is 6.42 Å². The van der Waals surface area contributed by atoms with Gasteiger partial charge < -0.3 is 4.90 Å². The molecular weight excluding hydrogens is 244 g/mol. The van der Waals surface area contributed by atoms with Crippen LogP contribution in [0.25, 0.3) is 10.9 Å². The van der Waals surface area contributed by atoms with Crippen molar-refractivity contribution in [1.29, 1.82) is 0 Å². The Balaban J connectivity index is 2.11.